The van der Waals surface area contributed by atoms with Crippen molar-refractivity contribution < 1.29 is 77.5 Å². The SMILES string of the molecule is Cc1ccc(OC2CCCC(S(C)(=O)=O)C2)c([B-](F)(F)F)c1.[K+]. The molecule has 1 fully saturated rings. The van der Waals surface area contributed by atoms with E-state index in [9.17, 15) is 21.4 Å². The Bertz CT molecular complexity index is 649. The maximum atomic E-state index is 13.1. The van der Waals surface area contributed by atoms with Crippen LogP contribution in [0.2, 0.25) is 0 Å². The first-order valence-electron chi connectivity index (χ1n) is 7.23. The first-order valence-corrected chi connectivity index (χ1v) is 9.19. The van der Waals surface area contributed by atoms with Gasteiger partial charge in [0.25, 0.3) is 0 Å². The van der Waals surface area contributed by atoms with E-state index in [2.05, 4.69) is 0 Å². The maximum Gasteiger partial charge on any atom is 1.00 e. The zero-order valence-electron chi connectivity index (χ0n) is 13.6. The smallest absolute Gasteiger partial charge is 0.493 e. The molecule has 1 aliphatic rings. The number of hydrogen-bond donors (Lipinski definition) is 0. The van der Waals surface area contributed by atoms with Crippen LogP contribution in [0, 0.1) is 6.92 Å². The van der Waals surface area contributed by atoms with Crippen LogP contribution >= 0.6 is 0 Å². The van der Waals surface area contributed by atoms with Crippen LogP contribution in [0.15, 0.2) is 18.2 Å². The van der Waals surface area contributed by atoms with E-state index in [1.165, 1.54) is 6.07 Å². The Balaban J connectivity index is 0.00000264. The molecule has 1 aromatic carbocycles. The van der Waals surface area contributed by atoms with Crippen LogP contribution in [0.4, 0.5) is 12.9 Å². The first-order chi connectivity index (χ1) is 10.1. The molecule has 2 atom stereocenters. The van der Waals surface area contributed by atoms with Crippen molar-refractivity contribution in [2.24, 2.45) is 0 Å². The molecule has 0 saturated heterocycles. The number of rotatable bonds is 4. The molecular formula is C14H19BF3KO3S. The van der Waals surface area contributed by atoms with Crippen LogP contribution in [0.25, 0.3) is 0 Å². The van der Waals surface area contributed by atoms with Crippen LogP contribution in [0.5, 0.6) is 5.75 Å². The van der Waals surface area contributed by atoms with E-state index >= 15 is 0 Å². The molecule has 0 radical (unpaired) electrons. The Morgan fingerprint density at radius 1 is 1.22 bits per heavy atom. The fourth-order valence-electron chi connectivity index (χ4n) is 2.81. The third-order valence-electron chi connectivity index (χ3n) is 4.00. The summed E-state index contributed by atoms with van der Waals surface area (Å²) in [7, 11) is -3.19. The zero-order chi connectivity index (χ0) is 16.5. The van der Waals surface area contributed by atoms with E-state index in [0.717, 1.165) is 12.3 Å². The molecule has 0 bridgehead atoms. The van der Waals surface area contributed by atoms with E-state index in [1.54, 1.807) is 13.0 Å². The van der Waals surface area contributed by atoms with Crippen molar-refractivity contribution in [2.75, 3.05) is 6.26 Å². The first kappa shape index (κ1) is 21.5. The molecule has 124 valence electrons. The Morgan fingerprint density at radius 3 is 2.43 bits per heavy atom. The van der Waals surface area contributed by atoms with Gasteiger partial charge in [-0.05, 0) is 32.3 Å². The summed E-state index contributed by atoms with van der Waals surface area (Å²) in [5, 5.41) is -0.531. The summed E-state index contributed by atoms with van der Waals surface area (Å²) < 4.78 is 68.2. The number of hydrogen-bond acceptors (Lipinski definition) is 3. The monoisotopic (exact) mass is 374 g/mol. The number of halogens is 3. The fourth-order valence-corrected chi connectivity index (χ4v) is 3.97. The third kappa shape index (κ3) is 6.04. The van der Waals surface area contributed by atoms with E-state index in [4.69, 9.17) is 4.74 Å². The van der Waals surface area contributed by atoms with Gasteiger partial charge in [0.2, 0.25) is 0 Å². The van der Waals surface area contributed by atoms with Gasteiger partial charge in [0.1, 0.15) is 9.84 Å². The molecule has 1 aromatic rings. The Hall–Kier alpha value is 0.461. The van der Waals surface area contributed by atoms with Gasteiger partial charge in [-0.25, -0.2) is 8.42 Å². The van der Waals surface area contributed by atoms with Crippen molar-refractivity contribution in [1.29, 1.82) is 0 Å². The number of sulfone groups is 1. The van der Waals surface area contributed by atoms with Crippen molar-refractivity contribution >= 4 is 22.3 Å². The molecule has 0 N–H and O–H groups in total. The minimum Gasteiger partial charge on any atom is -0.493 e. The van der Waals surface area contributed by atoms with E-state index < -0.39 is 33.6 Å². The van der Waals surface area contributed by atoms with E-state index in [-0.39, 0.29) is 63.6 Å². The van der Waals surface area contributed by atoms with Gasteiger partial charge in [-0.3, -0.25) is 0 Å². The average Bonchev–Trinajstić information content (AvgIpc) is 2.39. The molecule has 0 aliphatic heterocycles. The summed E-state index contributed by atoms with van der Waals surface area (Å²) in [5.41, 5.74) is -0.235. The largest absolute Gasteiger partial charge is 1.00 e. The Labute approximate surface area is 177 Å². The standard InChI is InChI=1S/C14H19BF3O3S.K/c1-10-6-7-14(13(8-10)15(16,17)18)21-11-4-3-5-12(9-11)22(2,19)20;/h6-8,11-12H,3-5,9H2,1-2H3;/q-1;+1. The predicted octanol–water partition coefficient (Wildman–Crippen LogP) is -0.212. The summed E-state index contributed by atoms with van der Waals surface area (Å²) in [6, 6.07) is 3.97. The van der Waals surface area contributed by atoms with Crippen molar-refractivity contribution in [3.63, 3.8) is 0 Å². The molecule has 3 nitrogen and oxygen atoms in total. The van der Waals surface area contributed by atoms with Crippen LogP contribution in [-0.2, 0) is 9.84 Å². The van der Waals surface area contributed by atoms with Crippen LogP contribution < -0.4 is 61.6 Å². The van der Waals surface area contributed by atoms with Crippen molar-refractivity contribution in [1.82, 2.24) is 0 Å². The van der Waals surface area contributed by atoms with Gasteiger partial charge in [-0.15, -0.1) is 0 Å². The topological polar surface area (TPSA) is 43.4 Å². The molecule has 9 heteroatoms. The van der Waals surface area contributed by atoms with Crippen molar-refractivity contribution in [3.8, 4) is 5.75 Å². The van der Waals surface area contributed by atoms with Gasteiger partial charge < -0.3 is 17.7 Å². The summed E-state index contributed by atoms with van der Waals surface area (Å²) in [6.07, 6.45) is 2.67. The number of ether oxygens (including phenoxy) is 1. The number of benzene rings is 1. The summed E-state index contributed by atoms with van der Waals surface area (Å²) in [4.78, 5) is 0. The van der Waals surface area contributed by atoms with Crippen LogP contribution in [0.3, 0.4) is 0 Å². The van der Waals surface area contributed by atoms with Gasteiger partial charge in [0, 0.05) is 12.7 Å². The second kappa shape index (κ2) is 8.23. The Morgan fingerprint density at radius 2 is 1.87 bits per heavy atom. The van der Waals surface area contributed by atoms with Gasteiger partial charge in [-0.2, -0.15) is 0 Å². The summed E-state index contributed by atoms with van der Waals surface area (Å²) in [5.74, 6) is -0.197. The van der Waals surface area contributed by atoms with E-state index in [0.29, 0.717) is 24.8 Å². The van der Waals surface area contributed by atoms with Crippen molar-refractivity contribution in [2.45, 2.75) is 44.0 Å². The molecule has 1 saturated carbocycles. The van der Waals surface area contributed by atoms with Gasteiger partial charge in [0.05, 0.1) is 17.1 Å². The van der Waals surface area contributed by atoms with Gasteiger partial charge >= 0.3 is 58.4 Å². The average molecular weight is 374 g/mol. The fraction of sp³-hybridized carbons (Fsp3) is 0.571. The van der Waals surface area contributed by atoms with Crippen molar-refractivity contribution in [3.05, 3.63) is 23.8 Å². The minimum atomic E-state index is -5.17. The molecule has 0 spiro atoms. The van der Waals surface area contributed by atoms with Crippen LogP contribution in [-0.4, -0.2) is 33.0 Å². The van der Waals surface area contributed by atoms with Gasteiger partial charge in [0.15, 0.2) is 0 Å². The molecular weight excluding hydrogens is 355 g/mol. The van der Waals surface area contributed by atoms with Gasteiger partial charge in [-0.1, -0.05) is 23.2 Å². The second-order valence-corrected chi connectivity index (χ2v) is 8.30. The molecule has 2 rings (SSSR count). The molecule has 0 aromatic heterocycles. The molecule has 1 aliphatic carbocycles. The summed E-state index contributed by atoms with van der Waals surface area (Å²) >= 11 is 0. The molecule has 23 heavy (non-hydrogen) atoms. The Kier molecular flexibility index (Phi) is 7.69. The minimum absolute atomic E-state index is 0. The third-order valence-corrected chi connectivity index (χ3v) is 5.63. The predicted molar refractivity (Wildman–Crippen MR) is 81.4 cm³/mol. The van der Waals surface area contributed by atoms with Crippen LogP contribution in [0.1, 0.15) is 31.2 Å². The zero-order valence-corrected chi connectivity index (χ0v) is 17.5. The number of aryl methyl sites for hydroxylation is 1. The second-order valence-electron chi connectivity index (χ2n) is 5.97. The molecule has 0 amide bonds. The molecule has 2 unspecified atom stereocenters. The normalized spacial score (nSPS) is 22.3. The maximum absolute atomic E-state index is 13.1. The summed E-state index contributed by atoms with van der Waals surface area (Å²) in [6.45, 7) is -3.57. The quantitative estimate of drug-likeness (QED) is 0.685. The van der Waals surface area contributed by atoms with E-state index in [1.807, 2.05) is 0 Å². The molecule has 0 heterocycles.